The molecule has 1 rings (SSSR count). The summed E-state index contributed by atoms with van der Waals surface area (Å²) in [4.78, 5) is 35.6. The van der Waals surface area contributed by atoms with Crippen molar-refractivity contribution in [3.8, 4) is 0 Å². The number of amides is 2. The number of aliphatic carboxylic acids is 1. The number of rotatable bonds is 9. The topological polar surface area (TPSA) is 117 Å². The molecule has 3 N–H and O–H groups in total. The summed E-state index contributed by atoms with van der Waals surface area (Å²) in [7, 11) is 0. The number of amidine groups is 1. The largest absolute Gasteiger partial charge is 0.480 e. The molecule has 8 nitrogen and oxygen atoms in total. The molecule has 22 heavy (non-hydrogen) atoms. The number of aliphatic imine (C=N–C) groups is 1. The SMILES string of the molecule is O=CNC(=NCCC(NC=O)C(=O)O)OCc1ccccc1. The van der Waals surface area contributed by atoms with Crippen LogP contribution in [-0.2, 0) is 25.7 Å². The first-order valence-electron chi connectivity index (χ1n) is 6.51. The van der Waals surface area contributed by atoms with E-state index in [9.17, 15) is 14.4 Å². The number of benzene rings is 1. The molecule has 1 atom stereocenters. The molecule has 0 saturated heterocycles. The highest BCUT2D eigenvalue weighted by molar-refractivity contribution is 5.84. The van der Waals surface area contributed by atoms with Gasteiger partial charge in [0.2, 0.25) is 12.8 Å². The molecule has 2 amide bonds. The Labute approximate surface area is 127 Å². The molecule has 0 saturated carbocycles. The van der Waals surface area contributed by atoms with Gasteiger partial charge in [-0.1, -0.05) is 30.3 Å². The molecular formula is C14H17N3O5. The first kappa shape index (κ1) is 17.2. The number of hydrogen-bond donors (Lipinski definition) is 3. The molecule has 0 fully saturated rings. The number of carboxylic acid groups (broad SMARTS) is 1. The third-order valence-electron chi connectivity index (χ3n) is 2.64. The average Bonchev–Trinajstić information content (AvgIpc) is 2.52. The van der Waals surface area contributed by atoms with E-state index in [4.69, 9.17) is 9.84 Å². The molecule has 1 aromatic carbocycles. The van der Waals surface area contributed by atoms with Crippen molar-refractivity contribution in [1.29, 1.82) is 0 Å². The van der Waals surface area contributed by atoms with Crippen molar-refractivity contribution < 1.29 is 24.2 Å². The van der Waals surface area contributed by atoms with E-state index in [1.54, 1.807) is 0 Å². The molecule has 8 heteroatoms. The maximum Gasteiger partial charge on any atom is 0.326 e. The number of carboxylic acids is 1. The Morgan fingerprint density at radius 2 is 2.00 bits per heavy atom. The van der Waals surface area contributed by atoms with Crippen molar-refractivity contribution in [3.63, 3.8) is 0 Å². The first-order chi connectivity index (χ1) is 10.7. The second-order valence-electron chi connectivity index (χ2n) is 4.19. The fraction of sp³-hybridized carbons (Fsp3) is 0.286. The molecule has 0 aliphatic heterocycles. The Morgan fingerprint density at radius 3 is 2.59 bits per heavy atom. The lowest BCUT2D eigenvalue weighted by Crippen LogP contribution is -2.36. The van der Waals surface area contributed by atoms with Crippen LogP contribution in [0.4, 0.5) is 0 Å². The fourth-order valence-electron chi connectivity index (χ4n) is 1.56. The third kappa shape index (κ3) is 6.51. The van der Waals surface area contributed by atoms with Crippen LogP contribution < -0.4 is 10.6 Å². The Hall–Kier alpha value is -2.90. The van der Waals surface area contributed by atoms with Gasteiger partial charge >= 0.3 is 5.97 Å². The van der Waals surface area contributed by atoms with Gasteiger partial charge in [0.05, 0.1) is 0 Å². The van der Waals surface area contributed by atoms with Crippen molar-refractivity contribution in [2.75, 3.05) is 6.54 Å². The molecule has 0 aromatic heterocycles. The summed E-state index contributed by atoms with van der Waals surface area (Å²) in [5.74, 6) is -1.16. The van der Waals surface area contributed by atoms with E-state index >= 15 is 0 Å². The average molecular weight is 307 g/mol. The van der Waals surface area contributed by atoms with Gasteiger partial charge in [-0.3, -0.25) is 14.9 Å². The van der Waals surface area contributed by atoms with Crippen LogP contribution in [0.2, 0.25) is 0 Å². The van der Waals surface area contributed by atoms with Crippen LogP contribution in [0.1, 0.15) is 12.0 Å². The predicted molar refractivity (Wildman–Crippen MR) is 78.0 cm³/mol. The zero-order valence-corrected chi connectivity index (χ0v) is 11.8. The summed E-state index contributed by atoms with van der Waals surface area (Å²) in [5.41, 5.74) is 0.897. The molecular weight excluding hydrogens is 290 g/mol. The summed E-state index contributed by atoms with van der Waals surface area (Å²) < 4.78 is 5.34. The highest BCUT2D eigenvalue weighted by Gasteiger charge is 2.15. The molecule has 1 aromatic rings. The summed E-state index contributed by atoms with van der Waals surface area (Å²) in [5, 5.41) is 13.3. The smallest absolute Gasteiger partial charge is 0.326 e. The Kier molecular flexibility index (Phi) is 7.73. The molecule has 0 aliphatic carbocycles. The van der Waals surface area contributed by atoms with Gasteiger partial charge in [-0.05, 0) is 12.0 Å². The van der Waals surface area contributed by atoms with Crippen molar-refractivity contribution in [2.24, 2.45) is 4.99 Å². The predicted octanol–water partition coefficient (Wildman–Crippen LogP) is -0.105. The molecule has 0 heterocycles. The van der Waals surface area contributed by atoms with Gasteiger partial charge in [0.1, 0.15) is 12.6 Å². The lowest BCUT2D eigenvalue weighted by atomic mass is 10.2. The van der Waals surface area contributed by atoms with Gasteiger partial charge in [-0.15, -0.1) is 0 Å². The second-order valence-corrected chi connectivity index (χ2v) is 4.19. The maximum absolute atomic E-state index is 10.8. The van der Waals surface area contributed by atoms with E-state index in [2.05, 4.69) is 15.6 Å². The Balaban J connectivity index is 2.52. The molecule has 0 bridgehead atoms. The number of nitrogens with zero attached hydrogens (tertiary/aromatic N) is 1. The lowest BCUT2D eigenvalue weighted by molar-refractivity contribution is -0.140. The van der Waals surface area contributed by atoms with Crippen LogP contribution in [0.25, 0.3) is 0 Å². The minimum Gasteiger partial charge on any atom is -0.480 e. The molecule has 1 unspecified atom stereocenters. The fourth-order valence-corrected chi connectivity index (χ4v) is 1.56. The lowest BCUT2D eigenvalue weighted by Gasteiger charge is -2.10. The number of ether oxygens (including phenoxy) is 1. The second kappa shape index (κ2) is 9.92. The van der Waals surface area contributed by atoms with Crippen molar-refractivity contribution >= 4 is 24.8 Å². The summed E-state index contributed by atoms with van der Waals surface area (Å²) >= 11 is 0. The maximum atomic E-state index is 10.8. The van der Waals surface area contributed by atoms with Gasteiger partial charge in [0.15, 0.2) is 0 Å². The minimum absolute atomic E-state index is 0.00547. The number of hydrogen-bond acceptors (Lipinski definition) is 5. The molecule has 0 aliphatic rings. The van der Waals surface area contributed by atoms with Crippen molar-refractivity contribution in [1.82, 2.24) is 10.6 Å². The number of carbonyl (C=O) groups is 3. The highest BCUT2D eigenvalue weighted by atomic mass is 16.5. The van der Waals surface area contributed by atoms with Crippen LogP contribution >= 0.6 is 0 Å². The van der Waals surface area contributed by atoms with Crippen molar-refractivity contribution in [2.45, 2.75) is 19.1 Å². The Bertz CT molecular complexity index is 518. The van der Waals surface area contributed by atoms with E-state index in [1.165, 1.54) is 0 Å². The highest BCUT2D eigenvalue weighted by Crippen LogP contribution is 2.01. The zero-order chi connectivity index (χ0) is 16.2. The van der Waals surface area contributed by atoms with Crippen molar-refractivity contribution in [3.05, 3.63) is 35.9 Å². The van der Waals surface area contributed by atoms with Crippen LogP contribution in [0.5, 0.6) is 0 Å². The summed E-state index contributed by atoms with van der Waals surface area (Å²) in [6.45, 7) is 0.290. The Morgan fingerprint density at radius 1 is 1.27 bits per heavy atom. The van der Waals surface area contributed by atoms with Gasteiger partial charge < -0.3 is 15.2 Å². The van der Waals surface area contributed by atoms with Gasteiger partial charge in [0.25, 0.3) is 6.02 Å². The van der Waals surface area contributed by atoms with Crippen LogP contribution in [-0.4, -0.2) is 42.5 Å². The molecule has 0 spiro atoms. The number of nitrogens with one attached hydrogen (secondary N) is 2. The van der Waals surface area contributed by atoms with Crippen LogP contribution in [0, 0.1) is 0 Å². The number of carbonyl (C=O) groups excluding carboxylic acids is 2. The van der Waals surface area contributed by atoms with Gasteiger partial charge in [0, 0.05) is 6.54 Å². The van der Waals surface area contributed by atoms with Gasteiger partial charge in [-0.2, -0.15) is 0 Å². The van der Waals surface area contributed by atoms with E-state index in [-0.39, 0.29) is 25.6 Å². The summed E-state index contributed by atoms with van der Waals surface area (Å²) in [6, 6.07) is 8.24. The van der Waals surface area contributed by atoms with Crippen LogP contribution in [0.15, 0.2) is 35.3 Å². The molecule has 118 valence electrons. The van der Waals surface area contributed by atoms with E-state index in [1.807, 2.05) is 30.3 Å². The zero-order valence-electron chi connectivity index (χ0n) is 11.8. The monoisotopic (exact) mass is 307 g/mol. The van der Waals surface area contributed by atoms with E-state index in [0.29, 0.717) is 12.8 Å². The normalized spacial score (nSPS) is 12.1. The van der Waals surface area contributed by atoms with Crippen LogP contribution in [0.3, 0.4) is 0 Å². The minimum atomic E-state index is -1.16. The third-order valence-corrected chi connectivity index (χ3v) is 2.64. The van der Waals surface area contributed by atoms with Gasteiger partial charge in [-0.25, -0.2) is 9.79 Å². The first-order valence-corrected chi connectivity index (χ1v) is 6.51. The standard InChI is InChI=1S/C14H17N3O5/c18-9-16-12(13(20)21)6-7-15-14(17-10-19)22-8-11-4-2-1-3-5-11/h1-5,9-10,12H,6-8H2,(H,16,18)(H,20,21)(H,15,17,19). The summed E-state index contributed by atoms with van der Waals surface area (Å²) in [6.07, 6.45) is 0.813. The molecule has 0 radical (unpaired) electrons. The van der Waals surface area contributed by atoms with E-state index in [0.717, 1.165) is 5.56 Å². The quantitative estimate of drug-likeness (QED) is 0.334. The van der Waals surface area contributed by atoms with E-state index < -0.39 is 12.0 Å².